The lowest BCUT2D eigenvalue weighted by Crippen LogP contribution is -2.42. The van der Waals surface area contributed by atoms with E-state index in [1.807, 2.05) is 0 Å². The van der Waals surface area contributed by atoms with Crippen LogP contribution in [0.3, 0.4) is 0 Å². The van der Waals surface area contributed by atoms with Gasteiger partial charge in [-0.15, -0.1) is 10.2 Å². The highest BCUT2D eigenvalue weighted by atomic mass is 32.2. The number of sulfonamides is 1. The summed E-state index contributed by atoms with van der Waals surface area (Å²) in [5.41, 5.74) is 0. The largest absolute Gasteiger partial charge is 0.491 e. The molecular formula is C16H21N3O6S. The second kappa shape index (κ2) is 8.12. The zero-order valence-corrected chi connectivity index (χ0v) is 15.4. The molecule has 1 fully saturated rings. The van der Waals surface area contributed by atoms with Crippen molar-refractivity contribution >= 4 is 10.0 Å². The highest BCUT2D eigenvalue weighted by Crippen LogP contribution is 2.26. The molecule has 10 heteroatoms. The van der Waals surface area contributed by atoms with Crippen LogP contribution in [0.15, 0.2) is 33.6 Å². The van der Waals surface area contributed by atoms with Gasteiger partial charge in [0.05, 0.1) is 18.1 Å². The third-order valence-corrected chi connectivity index (χ3v) is 5.74. The molecule has 1 atom stereocenters. The molecule has 2 heterocycles. The fourth-order valence-electron chi connectivity index (χ4n) is 2.54. The van der Waals surface area contributed by atoms with Crippen LogP contribution in [0.5, 0.6) is 5.75 Å². The molecule has 2 aromatic rings. The molecule has 1 aromatic heterocycles. The molecule has 0 saturated carbocycles. The van der Waals surface area contributed by atoms with Gasteiger partial charge in [0.1, 0.15) is 18.5 Å². The van der Waals surface area contributed by atoms with E-state index in [2.05, 4.69) is 10.2 Å². The first-order valence-electron chi connectivity index (χ1n) is 8.14. The minimum absolute atomic E-state index is 0.121. The monoisotopic (exact) mass is 383 g/mol. The first-order valence-corrected chi connectivity index (χ1v) is 9.58. The van der Waals surface area contributed by atoms with Crippen LogP contribution in [0.25, 0.3) is 0 Å². The normalized spacial score (nSPS) is 18.8. The molecule has 1 aliphatic rings. The quantitative estimate of drug-likeness (QED) is 0.656. The van der Waals surface area contributed by atoms with Gasteiger partial charge in [-0.2, -0.15) is 4.31 Å². The van der Waals surface area contributed by atoms with E-state index in [1.165, 1.54) is 16.4 Å². The molecule has 0 spiro atoms. The molecule has 142 valence electrons. The molecular weight excluding hydrogens is 362 g/mol. The summed E-state index contributed by atoms with van der Waals surface area (Å²) in [6.07, 6.45) is -0.573. The van der Waals surface area contributed by atoms with Crippen molar-refractivity contribution in [1.82, 2.24) is 14.5 Å². The van der Waals surface area contributed by atoms with Crippen molar-refractivity contribution in [1.29, 1.82) is 0 Å². The fraction of sp³-hybridized carbons (Fsp3) is 0.500. The van der Waals surface area contributed by atoms with E-state index in [1.54, 1.807) is 26.2 Å². The Hall–Kier alpha value is -2.01. The number of methoxy groups -OCH3 is 1. The van der Waals surface area contributed by atoms with Crippen LogP contribution in [0.1, 0.15) is 17.9 Å². The number of hydrogen-bond donors (Lipinski definition) is 0. The Kier molecular flexibility index (Phi) is 5.87. The van der Waals surface area contributed by atoms with Gasteiger partial charge in [0.2, 0.25) is 21.8 Å². The Morgan fingerprint density at radius 3 is 2.65 bits per heavy atom. The number of nitrogens with zero attached hydrogens (tertiary/aromatic N) is 3. The second-order valence-corrected chi connectivity index (χ2v) is 7.63. The van der Waals surface area contributed by atoms with Crippen LogP contribution in [0.4, 0.5) is 0 Å². The minimum atomic E-state index is -3.65. The van der Waals surface area contributed by atoms with Crippen molar-refractivity contribution in [3.05, 3.63) is 36.0 Å². The first kappa shape index (κ1) is 18.8. The van der Waals surface area contributed by atoms with Gasteiger partial charge < -0.3 is 18.6 Å². The van der Waals surface area contributed by atoms with Crippen molar-refractivity contribution in [2.75, 3.05) is 40.0 Å². The maximum Gasteiger partial charge on any atom is 0.246 e. The standard InChI is InChI=1S/C16H21N3O6S/c1-12-17-18-16(25-12)15-11-19(7-8-24-15)26(20,21)14-5-3-13(4-6-14)23-10-9-22-2/h3-6,15H,7-11H2,1-2H3/t15-/m0/s1. The van der Waals surface area contributed by atoms with Gasteiger partial charge in [-0.25, -0.2) is 8.42 Å². The van der Waals surface area contributed by atoms with Crippen molar-refractivity contribution in [3.8, 4) is 5.75 Å². The van der Waals surface area contributed by atoms with E-state index in [9.17, 15) is 8.42 Å². The van der Waals surface area contributed by atoms with Crippen LogP contribution in [0, 0.1) is 6.92 Å². The van der Waals surface area contributed by atoms with E-state index in [0.717, 1.165) is 0 Å². The number of aryl methyl sites for hydroxylation is 1. The van der Waals surface area contributed by atoms with Crippen molar-refractivity contribution < 1.29 is 27.0 Å². The lowest BCUT2D eigenvalue weighted by molar-refractivity contribution is -0.0176. The zero-order valence-electron chi connectivity index (χ0n) is 14.6. The van der Waals surface area contributed by atoms with Gasteiger partial charge in [-0.05, 0) is 24.3 Å². The Morgan fingerprint density at radius 1 is 1.23 bits per heavy atom. The molecule has 0 aliphatic carbocycles. The van der Waals surface area contributed by atoms with Crippen LogP contribution >= 0.6 is 0 Å². The fourth-order valence-corrected chi connectivity index (χ4v) is 3.96. The summed E-state index contributed by atoms with van der Waals surface area (Å²) in [6, 6.07) is 6.31. The first-order chi connectivity index (χ1) is 12.5. The molecule has 0 N–H and O–H groups in total. The van der Waals surface area contributed by atoms with Gasteiger partial charge in [-0.3, -0.25) is 0 Å². The third kappa shape index (κ3) is 4.21. The lowest BCUT2D eigenvalue weighted by atomic mass is 10.3. The molecule has 0 unspecified atom stereocenters. The Balaban J connectivity index is 1.70. The molecule has 9 nitrogen and oxygen atoms in total. The highest BCUT2D eigenvalue weighted by molar-refractivity contribution is 7.89. The molecule has 0 amide bonds. The molecule has 26 heavy (non-hydrogen) atoms. The number of rotatable bonds is 7. The summed E-state index contributed by atoms with van der Waals surface area (Å²) in [6.45, 7) is 3.17. The maximum absolute atomic E-state index is 12.9. The average molecular weight is 383 g/mol. The zero-order chi connectivity index (χ0) is 18.6. The van der Waals surface area contributed by atoms with Crippen molar-refractivity contribution in [2.45, 2.75) is 17.9 Å². The number of benzene rings is 1. The van der Waals surface area contributed by atoms with Gasteiger partial charge in [0.25, 0.3) is 0 Å². The third-order valence-electron chi connectivity index (χ3n) is 3.86. The number of hydrogen-bond acceptors (Lipinski definition) is 8. The SMILES string of the molecule is COCCOc1ccc(S(=O)(=O)N2CCO[C@H](c3nnc(C)o3)C2)cc1. The number of aromatic nitrogens is 2. The molecule has 0 radical (unpaired) electrons. The van der Waals surface area contributed by atoms with Crippen LogP contribution in [-0.4, -0.2) is 62.9 Å². The second-order valence-electron chi connectivity index (χ2n) is 5.69. The minimum Gasteiger partial charge on any atom is -0.491 e. The van der Waals surface area contributed by atoms with E-state index in [-0.39, 0.29) is 30.5 Å². The van der Waals surface area contributed by atoms with Gasteiger partial charge >= 0.3 is 0 Å². The van der Waals surface area contributed by atoms with Gasteiger partial charge in [0, 0.05) is 27.1 Å². The van der Waals surface area contributed by atoms with Crippen LogP contribution in [-0.2, 0) is 19.5 Å². The van der Waals surface area contributed by atoms with E-state index in [4.69, 9.17) is 18.6 Å². The lowest BCUT2D eigenvalue weighted by Gasteiger charge is -2.30. The summed E-state index contributed by atoms with van der Waals surface area (Å²) < 4.78 is 48.4. The average Bonchev–Trinajstić information content (AvgIpc) is 3.09. The highest BCUT2D eigenvalue weighted by Gasteiger charge is 2.33. The van der Waals surface area contributed by atoms with E-state index in [0.29, 0.717) is 24.9 Å². The molecule has 1 aromatic carbocycles. The predicted octanol–water partition coefficient (Wildman–Crippen LogP) is 1.17. The molecule has 1 saturated heterocycles. The molecule has 0 bridgehead atoms. The molecule has 3 rings (SSSR count). The van der Waals surface area contributed by atoms with E-state index >= 15 is 0 Å². The maximum atomic E-state index is 12.9. The Morgan fingerprint density at radius 2 is 2.00 bits per heavy atom. The summed E-state index contributed by atoms with van der Waals surface area (Å²) >= 11 is 0. The van der Waals surface area contributed by atoms with Gasteiger partial charge in [-0.1, -0.05) is 0 Å². The summed E-state index contributed by atoms with van der Waals surface area (Å²) in [4.78, 5) is 0.193. The van der Waals surface area contributed by atoms with Crippen molar-refractivity contribution in [3.63, 3.8) is 0 Å². The summed E-state index contributed by atoms with van der Waals surface area (Å²) in [5, 5.41) is 7.68. The predicted molar refractivity (Wildman–Crippen MR) is 90.3 cm³/mol. The smallest absolute Gasteiger partial charge is 0.246 e. The topological polar surface area (TPSA) is 104 Å². The number of ether oxygens (including phenoxy) is 3. The van der Waals surface area contributed by atoms with Gasteiger partial charge in [0.15, 0.2) is 0 Å². The van der Waals surface area contributed by atoms with Crippen LogP contribution in [0.2, 0.25) is 0 Å². The number of morpholine rings is 1. The van der Waals surface area contributed by atoms with Crippen LogP contribution < -0.4 is 4.74 Å². The summed E-state index contributed by atoms with van der Waals surface area (Å²) in [5.74, 6) is 1.28. The van der Waals surface area contributed by atoms with E-state index < -0.39 is 16.1 Å². The Labute approximate surface area is 151 Å². The summed E-state index contributed by atoms with van der Waals surface area (Å²) in [7, 11) is -2.07. The van der Waals surface area contributed by atoms with Crippen molar-refractivity contribution in [2.24, 2.45) is 0 Å². The Bertz CT molecular complexity index is 821. The molecule has 1 aliphatic heterocycles.